The molecule has 0 aliphatic heterocycles. The zero-order valence-electron chi connectivity index (χ0n) is 13.9. The Morgan fingerprint density at radius 1 is 1.16 bits per heavy atom. The second-order valence-electron chi connectivity index (χ2n) is 5.62. The smallest absolute Gasteiger partial charge is 0.121 e. The molecule has 1 aromatic heterocycles. The molecule has 5 nitrogen and oxygen atoms in total. The van der Waals surface area contributed by atoms with Gasteiger partial charge in [0.05, 0.1) is 29.6 Å². The summed E-state index contributed by atoms with van der Waals surface area (Å²) in [7, 11) is 0. The molecule has 0 bridgehead atoms. The number of hydrogen-bond acceptors (Lipinski definition) is 5. The number of aromatic nitrogens is 2. The molecule has 3 aromatic rings. The van der Waals surface area contributed by atoms with Gasteiger partial charge in [-0.3, -0.25) is 9.97 Å². The highest BCUT2D eigenvalue weighted by Crippen LogP contribution is 2.22. The van der Waals surface area contributed by atoms with Crippen LogP contribution in [0.4, 0.5) is 5.69 Å². The van der Waals surface area contributed by atoms with Gasteiger partial charge in [-0.05, 0) is 36.8 Å². The number of nitrogens with one attached hydrogen (secondary N) is 1. The Bertz CT molecular complexity index is 874. The highest BCUT2D eigenvalue weighted by Gasteiger charge is 2.07. The molecule has 0 spiro atoms. The lowest BCUT2D eigenvalue weighted by molar-refractivity contribution is 0.306. The molecule has 0 aliphatic rings. The van der Waals surface area contributed by atoms with Gasteiger partial charge in [-0.15, -0.1) is 0 Å². The van der Waals surface area contributed by atoms with Gasteiger partial charge >= 0.3 is 0 Å². The first-order chi connectivity index (χ1) is 12.2. The lowest BCUT2D eigenvalue weighted by atomic mass is 10.1. The first-order valence-electron chi connectivity index (χ1n) is 7.99. The summed E-state index contributed by atoms with van der Waals surface area (Å²) in [5.41, 5.74) is 3.42. The van der Waals surface area contributed by atoms with Crippen molar-refractivity contribution in [1.29, 1.82) is 5.26 Å². The van der Waals surface area contributed by atoms with Gasteiger partial charge in [0.2, 0.25) is 0 Å². The third-order valence-corrected chi connectivity index (χ3v) is 3.71. The molecule has 0 saturated carbocycles. The number of anilines is 1. The van der Waals surface area contributed by atoms with Crippen LogP contribution in [0.25, 0.3) is 0 Å². The average molecular weight is 330 g/mol. The minimum Gasteiger partial charge on any atom is -0.489 e. The summed E-state index contributed by atoms with van der Waals surface area (Å²) in [5, 5.41) is 12.3. The number of rotatable bonds is 6. The number of nitrogens with zero attached hydrogens (tertiary/aromatic N) is 3. The molecule has 0 fully saturated rings. The van der Waals surface area contributed by atoms with Gasteiger partial charge in [-0.25, -0.2) is 0 Å². The molecule has 1 heterocycles. The summed E-state index contributed by atoms with van der Waals surface area (Å²) in [6.07, 6.45) is 5.09. The minimum absolute atomic E-state index is 0.0382. The first-order valence-corrected chi connectivity index (χ1v) is 7.99. The predicted octanol–water partition coefficient (Wildman–Crippen LogP) is 4.10. The van der Waals surface area contributed by atoms with Crippen LogP contribution < -0.4 is 10.1 Å². The molecular formula is C20H18N4O. The molecule has 5 heteroatoms. The number of ether oxygens (including phenoxy) is 1. The normalized spacial score (nSPS) is 11.4. The Balaban J connectivity index is 1.64. The summed E-state index contributed by atoms with van der Waals surface area (Å²) in [5.74, 6) is 0.763. The maximum absolute atomic E-state index is 8.95. The van der Waals surface area contributed by atoms with Crippen molar-refractivity contribution in [2.24, 2.45) is 0 Å². The van der Waals surface area contributed by atoms with Crippen LogP contribution in [0, 0.1) is 11.3 Å². The highest BCUT2D eigenvalue weighted by atomic mass is 16.5. The van der Waals surface area contributed by atoms with E-state index in [-0.39, 0.29) is 6.04 Å². The van der Waals surface area contributed by atoms with E-state index in [1.54, 1.807) is 24.7 Å². The zero-order chi connectivity index (χ0) is 17.5. The van der Waals surface area contributed by atoms with Crippen molar-refractivity contribution >= 4 is 5.69 Å². The van der Waals surface area contributed by atoms with E-state index in [2.05, 4.69) is 21.4 Å². The average Bonchev–Trinajstić information content (AvgIpc) is 2.67. The van der Waals surface area contributed by atoms with Crippen molar-refractivity contribution in [3.05, 3.63) is 83.9 Å². The lowest BCUT2D eigenvalue weighted by Gasteiger charge is -2.15. The van der Waals surface area contributed by atoms with E-state index in [0.717, 1.165) is 22.7 Å². The van der Waals surface area contributed by atoms with E-state index < -0.39 is 0 Å². The molecule has 1 atom stereocenters. The van der Waals surface area contributed by atoms with E-state index >= 15 is 0 Å². The number of nitriles is 1. The van der Waals surface area contributed by atoms with Gasteiger partial charge in [0.25, 0.3) is 0 Å². The van der Waals surface area contributed by atoms with Crippen LogP contribution in [0.3, 0.4) is 0 Å². The Morgan fingerprint density at radius 3 is 2.84 bits per heavy atom. The molecular weight excluding hydrogens is 312 g/mol. The molecule has 0 unspecified atom stereocenters. The van der Waals surface area contributed by atoms with Crippen LogP contribution in [0.5, 0.6) is 5.75 Å². The monoisotopic (exact) mass is 330 g/mol. The minimum atomic E-state index is 0.0382. The van der Waals surface area contributed by atoms with Gasteiger partial charge in [-0.2, -0.15) is 5.26 Å². The number of hydrogen-bond donors (Lipinski definition) is 1. The van der Waals surface area contributed by atoms with Gasteiger partial charge < -0.3 is 10.1 Å². The van der Waals surface area contributed by atoms with Crippen LogP contribution in [-0.4, -0.2) is 9.97 Å². The zero-order valence-corrected chi connectivity index (χ0v) is 13.9. The van der Waals surface area contributed by atoms with Crippen LogP contribution in [-0.2, 0) is 6.61 Å². The van der Waals surface area contributed by atoms with E-state index in [1.807, 2.05) is 49.4 Å². The van der Waals surface area contributed by atoms with Crippen molar-refractivity contribution < 1.29 is 4.74 Å². The lowest BCUT2D eigenvalue weighted by Crippen LogP contribution is -2.08. The van der Waals surface area contributed by atoms with Gasteiger partial charge in [0.1, 0.15) is 12.4 Å². The molecule has 0 radical (unpaired) electrons. The second kappa shape index (κ2) is 7.93. The largest absolute Gasteiger partial charge is 0.489 e. The fourth-order valence-corrected chi connectivity index (χ4v) is 2.43. The van der Waals surface area contributed by atoms with Crippen molar-refractivity contribution in [2.45, 2.75) is 19.6 Å². The van der Waals surface area contributed by atoms with Crippen LogP contribution >= 0.6 is 0 Å². The Kier molecular flexibility index (Phi) is 5.22. The molecule has 0 saturated heterocycles. The van der Waals surface area contributed by atoms with Crippen molar-refractivity contribution in [2.75, 3.05) is 5.32 Å². The van der Waals surface area contributed by atoms with Crippen molar-refractivity contribution in [3.63, 3.8) is 0 Å². The Labute approximate surface area is 147 Å². The summed E-state index contributed by atoms with van der Waals surface area (Å²) < 4.78 is 5.84. The Morgan fingerprint density at radius 2 is 2.04 bits per heavy atom. The quantitative estimate of drug-likeness (QED) is 0.737. The summed E-state index contributed by atoms with van der Waals surface area (Å²) in [6, 6.07) is 17.4. The number of benzene rings is 2. The first kappa shape index (κ1) is 16.5. The molecule has 124 valence electrons. The SMILES string of the molecule is C[C@H](Nc1cccc(OCc2cccc(C#N)c2)c1)c1cnccn1. The van der Waals surface area contributed by atoms with Crippen LogP contribution in [0.2, 0.25) is 0 Å². The topological polar surface area (TPSA) is 70.8 Å². The molecule has 0 aliphatic carbocycles. The Hall–Kier alpha value is -3.39. The summed E-state index contributed by atoms with van der Waals surface area (Å²) in [4.78, 5) is 8.40. The van der Waals surface area contributed by atoms with Crippen molar-refractivity contribution in [3.8, 4) is 11.8 Å². The van der Waals surface area contributed by atoms with E-state index in [9.17, 15) is 0 Å². The molecule has 25 heavy (non-hydrogen) atoms. The van der Waals surface area contributed by atoms with Crippen LogP contribution in [0.1, 0.15) is 29.8 Å². The second-order valence-corrected chi connectivity index (χ2v) is 5.62. The van der Waals surface area contributed by atoms with Gasteiger partial charge in [0.15, 0.2) is 0 Å². The molecule has 0 amide bonds. The van der Waals surface area contributed by atoms with Crippen molar-refractivity contribution in [1.82, 2.24) is 9.97 Å². The summed E-state index contributed by atoms with van der Waals surface area (Å²) >= 11 is 0. The molecule has 1 N–H and O–H groups in total. The third-order valence-electron chi connectivity index (χ3n) is 3.71. The standard InChI is InChI=1S/C20H18N4O/c1-15(20-13-22-8-9-23-20)24-18-6-3-7-19(11-18)25-14-17-5-2-4-16(10-17)12-21/h2-11,13,15,24H,14H2,1H3/t15-/m0/s1. The van der Waals surface area contributed by atoms with Gasteiger partial charge in [0, 0.05) is 24.1 Å². The predicted molar refractivity (Wildman–Crippen MR) is 96.0 cm³/mol. The maximum atomic E-state index is 8.95. The summed E-state index contributed by atoms with van der Waals surface area (Å²) in [6.45, 7) is 2.45. The van der Waals surface area contributed by atoms with Crippen LogP contribution in [0.15, 0.2) is 67.1 Å². The third kappa shape index (κ3) is 4.55. The highest BCUT2D eigenvalue weighted by molar-refractivity contribution is 5.49. The fraction of sp³-hybridized carbons (Fsp3) is 0.150. The molecule has 2 aromatic carbocycles. The maximum Gasteiger partial charge on any atom is 0.121 e. The van der Waals surface area contributed by atoms with E-state index in [0.29, 0.717) is 12.2 Å². The van der Waals surface area contributed by atoms with Gasteiger partial charge in [-0.1, -0.05) is 18.2 Å². The molecule has 3 rings (SSSR count). The van der Waals surface area contributed by atoms with E-state index in [1.165, 1.54) is 0 Å². The fourth-order valence-electron chi connectivity index (χ4n) is 2.43. The van der Waals surface area contributed by atoms with E-state index in [4.69, 9.17) is 10.00 Å².